The van der Waals surface area contributed by atoms with Gasteiger partial charge in [0.05, 0.1) is 17.7 Å². The number of thiazole rings is 1. The van der Waals surface area contributed by atoms with Gasteiger partial charge in [-0.15, -0.1) is 11.3 Å². The highest BCUT2D eigenvalue weighted by molar-refractivity contribution is 7.09. The van der Waals surface area contributed by atoms with Gasteiger partial charge in [0.25, 0.3) is 0 Å². The summed E-state index contributed by atoms with van der Waals surface area (Å²) in [4.78, 5) is 4.45. The summed E-state index contributed by atoms with van der Waals surface area (Å²) in [5.41, 5.74) is 1.11. The van der Waals surface area contributed by atoms with Gasteiger partial charge in [-0.3, -0.25) is 0 Å². The lowest BCUT2D eigenvalue weighted by atomic mass is 10.2. The predicted molar refractivity (Wildman–Crippen MR) is 64.5 cm³/mol. The van der Waals surface area contributed by atoms with Gasteiger partial charge in [-0.1, -0.05) is 0 Å². The minimum Gasteiger partial charge on any atom is -0.377 e. The smallest absolute Gasteiger partial charge is 0.0944 e. The van der Waals surface area contributed by atoms with E-state index in [2.05, 4.69) is 29.5 Å². The minimum absolute atomic E-state index is 0.291. The average Bonchev–Trinajstić information content (AvgIpc) is 2.58. The first-order valence-electron chi connectivity index (χ1n) is 5.31. The Morgan fingerprint density at radius 2 is 2.27 bits per heavy atom. The quantitative estimate of drug-likeness (QED) is 0.808. The maximum absolute atomic E-state index is 5.59. The standard InChI is InChI=1S/C11H20N2OS/c1-8(2)14-6-10(12-4)5-11-13-9(3)7-15-11/h7-8,10,12H,5-6H2,1-4H3. The van der Waals surface area contributed by atoms with E-state index in [-0.39, 0.29) is 0 Å². The van der Waals surface area contributed by atoms with Crippen molar-refractivity contribution >= 4 is 11.3 Å². The Hall–Kier alpha value is -0.450. The summed E-state index contributed by atoms with van der Waals surface area (Å²) in [5.74, 6) is 0. The minimum atomic E-state index is 0.291. The summed E-state index contributed by atoms with van der Waals surface area (Å²) in [6, 6.07) is 0.359. The number of hydrogen-bond donors (Lipinski definition) is 1. The van der Waals surface area contributed by atoms with E-state index in [1.165, 1.54) is 5.01 Å². The van der Waals surface area contributed by atoms with Gasteiger partial charge in [-0.05, 0) is 27.8 Å². The van der Waals surface area contributed by atoms with Crippen LogP contribution in [-0.2, 0) is 11.2 Å². The molecule has 1 aromatic heterocycles. The molecule has 1 rings (SSSR count). The summed E-state index contributed by atoms with van der Waals surface area (Å²) in [7, 11) is 1.97. The lowest BCUT2D eigenvalue weighted by Gasteiger charge is -2.16. The second-order valence-corrected chi connectivity index (χ2v) is 4.90. The summed E-state index contributed by atoms with van der Waals surface area (Å²) in [6.07, 6.45) is 1.24. The molecule has 0 saturated carbocycles. The predicted octanol–water partition coefficient (Wildman–Crippen LogP) is 2.01. The number of nitrogens with zero attached hydrogens (tertiary/aromatic N) is 1. The number of aromatic nitrogens is 1. The average molecular weight is 228 g/mol. The second-order valence-electron chi connectivity index (χ2n) is 3.95. The second kappa shape index (κ2) is 6.20. The molecule has 3 nitrogen and oxygen atoms in total. The first-order valence-corrected chi connectivity index (χ1v) is 6.19. The zero-order chi connectivity index (χ0) is 11.3. The van der Waals surface area contributed by atoms with Crippen LogP contribution in [0.4, 0.5) is 0 Å². The van der Waals surface area contributed by atoms with Crippen molar-refractivity contribution in [1.29, 1.82) is 0 Å². The molecule has 0 amide bonds. The van der Waals surface area contributed by atoms with E-state index in [1.54, 1.807) is 11.3 Å². The highest BCUT2D eigenvalue weighted by Gasteiger charge is 2.10. The van der Waals surface area contributed by atoms with Crippen LogP contribution in [0.1, 0.15) is 24.5 Å². The van der Waals surface area contributed by atoms with E-state index in [1.807, 2.05) is 14.0 Å². The van der Waals surface area contributed by atoms with Crippen LogP contribution in [0.25, 0.3) is 0 Å². The van der Waals surface area contributed by atoms with Crippen molar-refractivity contribution in [3.8, 4) is 0 Å². The Bertz CT molecular complexity index is 286. The highest BCUT2D eigenvalue weighted by atomic mass is 32.1. The van der Waals surface area contributed by atoms with Gasteiger partial charge in [0.2, 0.25) is 0 Å². The van der Waals surface area contributed by atoms with Crippen LogP contribution in [0, 0.1) is 6.92 Å². The van der Waals surface area contributed by atoms with Crippen molar-refractivity contribution in [2.75, 3.05) is 13.7 Å². The van der Waals surface area contributed by atoms with Crippen molar-refractivity contribution < 1.29 is 4.74 Å². The number of likely N-dealkylation sites (N-methyl/N-ethyl adjacent to an activating group) is 1. The van der Waals surface area contributed by atoms with E-state index in [9.17, 15) is 0 Å². The summed E-state index contributed by atoms with van der Waals surface area (Å²) >= 11 is 1.72. The molecular weight excluding hydrogens is 208 g/mol. The van der Waals surface area contributed by atoms with Crippen LogP contribution >= 0.6 is 11.3 Å². The molecule has 86 valence electrons. The normalized spacial score (nSPS) is 13.4. The molecule has 1 N–H and O–H groups in total. The number of nitrogens with one attached hydrogen (secondary N) is 1. The zero-order valence-electron chi connectivity index (χ0n) is 9.91. The van der Waals surface area contributed by atoms with Crippen molar-refractivity contribution in [1.82, 2.24) is 10.3 Å². The van der Waals surface area contributed by atoms with Gasteiger partial charge in [0.15, 0.2) is 0 Å². The van der Waals surface area contributed by atoms with E-state index in [4.69, 9.17) is 4.74 Å². The van der Waals surface area contributed by atoms with E-state index < -0.39 is 0 Å². The Balaban J connectivity index is 2.39. The third-order valence-corrected chi connectivity index (χ3v) is 3.12. The first-order chi connectivity index (χ1) is 7.11. The van der Waals surface area contributed by atoms with Gasteiger partial charge in [-0.2, -0.15) is 0 Å². The van der Waals surface area contributed by atoms with Crippen LogP contribution in [0.15, 0.2) is 5.38 Å². The third kappa shape index (κ3) is 4.73. The third-order valence-electron chi connectivity index (χ3n) is 2.13. The van der Waals surface area contributed by atoms with E-state index in [0.29, 0.717) is 12.1 Å². The Morgan fingerprint density at radius 1 is 1.53 bits per heavy atom. The van der Waals surface area contributed by atoms with Gasteiger partial charge in [0.1, 0.15) is 0 Å². The molecule has 0 aliphatic carbocycles. The molecule has 1 unspecified atom stereocenters. The summed E-state index contributed by atoms with van der Waals surface area (Å²) < 4.78 is 5.59. The van der Waals surface area contributed by atoms with Crippen molar-refractivity contribution in [2.24, 2.45) is 0 Å². The first kappa shape index (κ1) is 12.6. The van der Waals surface area contributed by atoms with Crippen LogP contribution < -0.4 is 5.32 Å². The zero-order valence-corrected chi connectivity index (χ0v) is 10.7. The maximum atomic E-state index is 5.59. The highest BCUT2D eigenvalue weighted by Crippen LogP contribution is 2.11. The van der Waals surface area contributed by atoms with Gasteiger partial charge in [0, 0.05) is 23.5 Å². The Labute approximate surface area is 95.9 Å². The lowest BCUT2D eigenvalue weighted by molar-refractivity contribution is 0.0627. The molecule has 0 saturated heterocycles. The molecule has 0 aromatic carbocycles. The van der Waals surface area contributed by atoms with Crippen molar-refractivity contribution in [3.05, 3.63) is 16.1 Å². The van der Waals surface area contributed by atoms with Gasteiger partial charge in [-0.25, -0.2) is 4.98 Å². The maximum Gasteiger partial charge on any atom is 0.0944 e. The molecule has 0 aliphatic rings. The molecule has 0 fully saturated rings. The Kier molecular flexibility index (Phi) is 5.22. The van der Waals surface area contributed by atoms with Gasteiger partial charge < -0.3 is 10.1 Å². The van der Waals surface area contributed by atoms with Crippen molar-refractivity contribution in [3.63, 3.8) is 0 Å². The molecule has 0 aliphatic heterocycles. The molecule has 0 spiro atoms. The molecular formula is C11H20N2OS. The topological polar surface area (TPSA) is 34.1 Å². The van der Waals surface area contributed by atoms with E-state index >= 15 is 0 Å². The fraction of sp³-hybridized carbons (Fsp3) is 0.727. The van der Waals surface area contributed by atoms with Crippen LogP contribution in [0.2, 0.25) is 0 Å². The monoisotopic (exact) mass is 228 g/mol. The number of hydrogen-bond acceptors (Lipinski definition) is 4. The fourth-order valence-corrected chi connectivity index (χ4v) is 2.11. The largest absolute Gasteiger partial charge is 0.377 e. The molecule has 15 heavy (non-hydrogen) atoms. The lowest BCUT2D eigenvalue weighted by Crippen LogP contribution is -2.33. The van der Waals surface area contributed by atoms with Crippen molar-refractivity contribution in [2.45, 2.75) is 39.3 Å². The molecule has 1 heterocycles. The number of aryl methyl sites for hydroxylation is 1. The van der Waals surface area contributed by atoms with E-state index in [0.717, 1.165) is 18.7 Å². The SMILES string of the molecule is CNC(COC(C)C)Cc1nc(C)cs1. The molecule has 0 bridgehead atoms. The molecule has 4 heteroatoms. The number of rotatable bonds is 6. The van der Waals surface area contributed by atoms with Crippen LogP contribution in [-0.4, -0.2) is 30.8 Å². The molecule has 1 aromatic rings. The summed E-state index contributed by atoms with van der Waals surface area (Å²) in [6.45, 7) is 6.88. The fourth-order valence-electron chi connectivity index (χ4n) is 1.26. The van der Waals surface area contributed by atoms with Crippen LogP contribution in [0.3, 0.4) is 0 Å². The number of ether oxygens (including phenoxy) is 1. The van der Waals surface area contributed by atoms with Gasteiger partial charge >= 0.3 is 0 Å². The molecule has 1 atom stereocenters. The molecule has 0 radical (unpaired) electrons. The van der Waals surface area contributed by atoms with Crippen LogP contribution in [0.5, 0.6) is 0 Å². The summed E-state index contributed by atoms with van der Waals surface area (Å²) in [5, 5.41) is 6.53. The Morgan fingerprint density at radius 3 is 2.73 bits per heavy atom.